The van der Waals surface area contributed by atoms with E-state index in [1.807, 2.05) is 17.9 Å². The van der Waals surface area contributed by atoms with Gasteiger partial charge in [-0.15, -0.1) is 0 Å². The number of nitrogens with zero attached hydrogens (tertiary/aromatic N) is 3. The second-order valence-corrected chi connectivity index (χ2v) is 3.92. The molecule has 0 radical (unpaired) electrons. The van der Waals surface area contributed by atoms with E-state index in [2.05, 4.69) is 4.98 Å². The van der Waals surface area contributed by atoms with Crippen molar-refractivity contribution in [3.8, 4) is 0 Å². The van der Waals surface area contributed by atoms with E-state index < -0.39 is 4.92 Å². The summed E-state index contributed by atoms with van der Waals surface area (Å²) in [5.74, 6) is 1.29. The number of nitrogen functional groups attached to an aromatic ring is 1. The van der Waals surface area contributed by atoms with Gasteiger partial charge in [-0.2, -0.15) is 0 Å². The number of hydrogen-bond acceptors (Lipinski definition) is 6. The van der Waals surface area contributed by atoms with Crippen molar-refractivity contribution < 1.29 is 9.34 Å². The van der Waals surface area contributed by atoms with Crippen LogP contribution in [0, 0.1) is 10.1 Å². The van der Waals surface area contributed by atoms with Crippen LogP contribution in [0.2, 0.25) is 0 Å². The van der Waals surface area contributed by atoms with Gasteiger partial charge in [0.2, 0.25) is 5.82 Å². The SMILES string of the molecule is CCN(Cc1ccco1)c1ccc([N+](=O)[O-])c(N)n1. The lowest BCUT2D eigenvalue weighted by Gasteiger charge is -2.20. The van der Waals surface area contributed by atoms with Gasteiger partial charge in [0.1, 0.15) is 11.6 Å². The van der Waals surface area contributed by atoms with Crippen LogP contribution in [0.25, 0.3) is 0 Å². The number of nitro groups is 1. The Kier molecular flexibility index (Phi) is 3.65. The number of furan rings is 1. The number of hydrogen-bond donors (Lipinski definition) is 1. The maximum Gasteiger partial charge on any atom is 0.311 e. The standard InChI is InChI=1S/C12H14N4O3/c1-2-15(8-9-4-3-7-19-9)11-6-5-10(16(17)18)12(13)14-11/h3-7H,2,8H2,1H3,(H2,13,14). The van der Waals surface area contributed by atoms with Crippen molar-refractivity contribution in [2.24, 2.45) is 0 Å². The van der Waals surface area contributed by atoms with E-state index in [9.17, 15) is 10.1 Å². The van der Waals surface area contributed by atoms with Crippen LogP contribution in [0.4, 0.5) is 17.3 Å². The van der Waals surface area contributed by atoms with Gasteiger partial charge in [-0.25, -0.2) is 4.98 Å². The molecular formula is C12H14N4O3. The quantitative estimate of drug-likeness (QED) is 0.655. The lowest BCUT2D eigenvalue weighted by Crippen LogP contribution is -2.23. The van der Waals surface area contributed by atoms with Crippen LogP contribution in [0.3, 0.4) is 0 Å². The second-order valence-electron chi connectivity index (χ2n) is 3.92. The molecule has 0 saturated carbocycles. The smallest absolute Gasteiger partial charge is 0.311 e. The molecule has 0 bridgehead atoms. The summed E-state index contributed by atoms with van der Waals surface area (Å²) in [6.45, 7) is 3.18. The van der Waals surface area contributed by atoms with E-state index in [1.165, 1.54) is 6.07 Å². The molecule has 7 heteroatoms. The molecule has 0 spiro atoms. The predicted molar refractivity (Wildman–Crippen MR) is 70.7 cm³/mol. The lowest BCUT2D eigenvalue weighted by atomic mass is 10.3. The molecule has 19 heavy (non-hydrogen) atoms. The van der Waals surface area contributed by atoms with Crippen molar-refractivity contribution in [3.05, 3.63) is 46.4 Å². The van der Waals surface area contributed by atoms with Crippen molar-refractivity contribution in [3.63, 3.8) is 0 Å². The van der Waals surface area contributed by atoms with Crippen molar-refractivity contribution >= 4 is 17.3 Å². The van der Waals surface area contributed by atoms with Crippen molar-refractivity contribution in [1.82, 2.24) is 4.98 Å². The summed E-state index contributed by atoms with van der Waals surface area (Å²) in [4.78, 5) is 16.1. The van der Waals surface area contributed by atoms with Gasteiger partial charge in [-0.05, 0) is 25.1 Å². The first-order valence-electron chi connectivity index (χ1n) is 5.80. The molecule has 0 aliphatic carbocycles. The Morgan fingerprint density at radius 1 is 1.47 bits per heavy atom. The van der Waals surface area contributed by atoms with Gasteiger partial charge in [0.15, 0.2) is 0 Å². The van der Waals surface area contributed by atoms with Gasteiger partial charge in [-0.3, -0.25) is 10.1 Å². The molecule has 2 aromatic rings. The van der Waals surface area contributed by atoms with Crippen LogP contribution in [0.15, 0.2) is 34.9 Å². The molecule has 100 valence electrons. The zero-order valence-electron chi connectivity index (χ0n) is 10.4. The fraction of sp³-hybridized carbons (Fsp3) is 0.250. The Labute approximate surface area is 109 Å². The van der Waals surface area contributed by atoms with E-state index in [4.69, 9.17) is 10.2 Å². The Morgan fingerprint density at radius 2 is 2.26 bits per heavy atom. The van der Waals surface area contributed by atoms with Gasteiger partial charge in [0.25, 0.3) is 0 Å². The molecule has 0 saturated heterocycles. The highest BCUT2D eigenvalue weighted by atomic mass is 16.6. The summed E-state index contributed by atoms with van der Waals surface area (Å²) in [7, 11) is 0. The first-order chi connectivity index (χ1) is 9.11. The third kappa shape index (κ3) is 2.82. The molecule has 7 nitrogen and oxygen atoms in total. The van der Waals surface area contributed by atoms with Crippen molar-refractivity contribution in [2.75, 3.05) is 17.2 Å². The number of anilines is 2. The van der Waals surface area contributed by atoms with Crippen LogP contribution in [-0.4, -0.2) is 16.5 Å². The average Bonchev–Trinajstić information content (AvgIpc) is 2.88. The topological polar surface area (TPSA) is 98.4 Å². The molecule has 0 aromatic carbocycles. The number of rotatable bonds is 5. The Morgan fingerprint density at radius 3 is 2.79 bits per heavy atom. The molecule has 2 rings (SSSR count). The minimum absolute atomic E-state index is 0.0830. The molecule has 2 heterocycles. The first kappa shape index (κ1) is 12.9. The average molecular weight is 262 g/mol. The van der Waals surface area contributed by atoms with Crippen molar-refractivity contribution in [1.29, 1.82) is 0 Å². The highest BCUT2D eigenvalue weighted by molar-refractivity contribution is 5.57. The highest BCUT2D eigenvalue weighted by Gasteiger charge is 2.16. The number of pyridine rings is 1. The summed E-state index contributed by atoms with van der Waals surface area (Å²) in [5, 5.41) is 10.7. The number of nitrogens with two attached hydrogens (primary N) is 1. The van der Waals surface area contributed by atoms with Gasteiger partial charge in [0, 0.05) is 12.6 Å². The molecular weight excluding hydrogens is 248 g/mol. The van der Waals surface area contributed by atoms with Crippen LogP contribution in [0.1, 0.15) is 12.7 Å². The van der Waals surface area contributed by atoms with E-state index in [-0.39, 0.29) is 11.5 Å². The summed E-state index contributed by atoms with van der Waals surface area (Å²) in [6, 6.07) is 6.61. The third-order valence-electron chi connectivity index (χ3n) is 2.72. The van der Waals surface area contributed by atoms with Crippen LogP contribution < -0.4 is 10.6 Å². The molecule has 2 N–H and O–H groups in total. The highest BCUT2D eigenvalue weighted by Crippen LogP contribution is 2.23. The minimum atomic E-state index is -0.547. The summed E-state index contributed by atoms with van der Waals surface area (Å²) in [5.41, 5.74) is 5.40. The summed E-state index contributed by atoms with van der Waals surface area (Å²) >= 11 is 0. The number of aromatic nitrogens is 1. The van der Waals surface area contributed by atoms with Crippen molar-refractivity contribution in [2.45, 2.75) is 13.5 Å². The zero-order chi connectivity index (χ0) is 13.8. The minimum Gasteiger partial charge on any atom is -0.467 e. The van der Waals surface area contributed by atoms with Crippen LogP contribution >= 0.6 is 0 Å². The van der Waals surface area contributed by atoms with Crippen LogP contribution in [0.5, 0.6) is 0 Å². The molecule has 0 unspecified atom stereocenters. The second kappa shape index (κ2) is 5.38. The van der Waals surface area contributed by atoms with E-state index in [0.717, 1.165) is 5.76 Å². The summed E-state index contributed by atoms with van der Waals surface area (Å²) < 4.78 is 5.27. The Hall–Kier alpha value is -2.57. The Balaban J connectivity index is 2.23. The maximum atomic E-state index is 10.7. The molecule has 0 amide bonds. The zero-order valence-corrected chi connectivity index (χ0v) is 10.4. The summed E-state index contributed by atoms with van der Waals surface area (Å²) in [6.07, 6.45) is 1.60. The fourth-order valence-corrected chi connectivity index (χ4v) is 1.73. The Bertz CT molecular complexity index is 568. The first-order valence-corrected chi connectivity index (χ1v) is 5.80. The van der Waals surface area contributed by atoms with Gasteiger partial charge in [-0.1, -0.05) is 0 Å². The van der Waals surface area contributed by atoms with Gasteiger partial charge in [0.05, 0.1) is 17.7 Å². The molecule has 0 aliphatic heterocycles. The molecule has 0 fully saturated rings. The normalized spacial score (nSPS) is 10.4. The van der Waals surface area contributed by atoms with E-state index >= 15 is 0 Å². The largest absolute Gasteiger partial charge is 0.467 e. The van der Waals surface area contributed by atoms with E-state index in [0.29, 0.717) is 18.9 Å². The molecule has 2 aromatic heterocycles. The van der Waals surface area contributed by atoms with E-state index in [1.54, 1.807) is 18.4 Å². The predicted octanol–water partition coefficient (Wildman–Crippen LogP) is 2.19. The molecule has 0 aliphatic rings. The maximum absolute atomic E-state index is 10.7. The van der Waals surface area contributed by atoms with Crippen LogP contribution in [-0.2, 0) is 6.54 Å². The lowest BCUT2D eigenvalue weighted by molar-refractivity contribution is -0.384. The van der Waals surface area contributed by atoms with Gasteiger partial charge < -0.3 is 15.1 Å². The van der Waals surface area contributed by atoms with Gasteiger partial charge >= 0.3 is 5.69 Å². The molecule has 0 atom stereocenters. The third-order valence-corrected chi connectivity index (χ3v) is 2.72. The monoisotopic (exact) mass is 262 g/mol. The fourth-order valence-electron chi connectivity index (χ4n) is 1.73.